The van der Waals surface area contributed by atoms with Gasteiger partial charge in [-0.05, 0) is 25.0 Å². The van der Waals surface area contributed by atoms with E-state index in [1.54, 1.807) is 10.5 Å². The van der Waals surface area contributed by atoms with Gasteiger partial charge in [-0.2, -0.15) is 0 Å². The summed E-state index contributed by atoms with van der Waals surface area (Å²) in [6, 6.07) is 3.07. The van der Waals surface area contributed by atoms with Gasteiger partial charge in [0.05, 0.1) is 12.8 Å². The highest BCUT2D eigenvalue weighted by Gasteiger charge is 2.30. The molecule has 0 radical (unpaired) electrons. The Morgan fingerprint density at radius 3 is 3.14 bits per heavy atom. The predicted molar refractivity (Wildman–Crippen MR) is 96.9 cm³/mol. The maximum Gasteiger partial charge on any atom is 0.210 e. The van der Waals surface area contributed by atoms with Crippen LogP contribution in [0, 0.1) is 11.7 Å². The third kappa shape index (κ3) is 3.02. The molecule has 0 unspecified atom stereocenters. The number of ketones is 1. The molecule has 3 heterocycles. The molecule has 9 heteroatoms. The zero-order valence-electron chi connectivity index (χ0n) is 15.0. The Bertz CT molecular complexity index is 1060. The van der Waals surface area contributed by atoms with Crippen LogP contribution in [0.15, 0.2) is 24.7 Å². The number of anilines is 1. The van der Waals surface area contributed by atoms with Crippen molar-refractivity contribution in [3.63, 3.8) is 0 Å². The lowest BCUT2D eigenvalue weighted by atomic mass is 10.0. The molecule has 0 amide bonds. The Hall–Kier alpha value is -3.23. The van der Waals surface area contributed by atoms with Gasteiger partial charge in [-0.3, -0.25) is 4.79 Å². The van der Waals surface area contributed by atoms with Gasteiger partial charge in [0, 0.05) is 30.0 Å². The standard InChI is InChI=1S/C19H18FN5O3/c20-14-3-4-16-12(5-6-27-16)13(14)7-21-19-22-8-17(18-24-23-10-25(18)19)28-9-15(26)11-1-2-11/h3-4,8,10-11H,1-2,5-7,9H2,(H,21,22). The third-order valence-electron chi connectivity index (χ3n) is 5.07. The number of hydrogen-bond donors (Lipinski definition) is 1. The lowest BCUT2D eigenvalue weighted by Gasteiger charge is -2.12. The van der Waals surface area contributed by atoms with E-state index < -0.39 is 0 Å². The second kappa shape index (κ2) is 6.74. The van der Waals surface area contributed by atoms with Crippen LogP contribution in [0.5, 0.6) is 11.5 Å². The number of Topliss-reactive ketones (excluding diaryl/α,β-unsaturated/α-hetero) is 1. The van der Waals surface area contributed by atoms with E-state index in [0.29, 0.717) is 35.9 Å². The van der Waals surface area contributed by atoms with E-state index in [4.69, 9.17) is 9.47 Å². The van der Waals surface area contributed by atoms with Gasteiger partial charge in [-0.1, -0.05) is 0 Å². The number of nitrogens with zero attached hydrogens (tertiary/aromatic N) is 4. The van der Waals surface area contributed by atoms with Crippen molar-refractivity contribution in [2.24, 2.45) is 5.92 Å². The van der Waals surface area contributed by atoms with Crippen molar-refractivity contribution in [2.45, 2.75) is 25.8 Å². The number of hydrogen-bond acceptors (Lipinski definition) is 7. The summed E-state index contributed by atoms with van der Waals surface area (Å²) >= 11 is 0. The lowest BCUT2D eigenvalue weighted by Crippen LogP contribution is -2.14. The summed E-state index contributed by atoms with van der Waals surface area (Å²) in [7, 11) is 0. The lowest BCUT2D eigenvalue weighted by molar-refractivity contribution is -0.122. The normalized spacial score (nSPS) is 15.3. The summed E-state index contributed by atoms with van der Waals surface area (Å²) in [5.74, 6) is 1.51. The quantitative estimate of drug-likeness (QED) is 0.669. The van der Waals surface area contributed by atoms with E-state index in [1.165, 1.54) is 18.6 Å². The SMILES string of the molecule is O=C(COc1cnc(NCc2c(F)ccc3c2CCO3)n2cnnc12)C1CC1. The first-order valence-electron chi connectivity index (χ1n) is 9.22. The summed E-state index contributed by atoms with van der Waals surface area (Å²) in [5.41, 5.74) is 1.89. The maximum atomic E-state index is 14.3. The van der Waals surface area contributed by atoms with Crippen LogP contribution in [0.1, 0.15) is 24.0 Å². The summed E-state index contributed by atoms with van der Waals surface area (Å²) in [5, 5.41) is 11.1. The van der Waals surface area contributed by atoms with E-state index in [0.717, 1.165) is 24.2 Å². The van der Waals surface area contributed by atoms with Crippen molar-refractivity contribution < 1.29 is 18.7 Å². The molecule has 2 aromatic heterocycles. The van der Waals surface area contributed by atoms with Gasteiger partial charge in [-0.25, -0.2) is 13.8 Å². The van der Waals surface area contributed by atoms with E-state index in [9.17, 15) is 9.18 Å². The average Bonchev–Trinajstić information content (AvgIpc) is 3.23. The molecule has 144 valence electrons. The molecule has 28 heavy (non-hydrogen) atoms. The van der Waals surface area contributed by atoms with E-state index in [1.807, 2.05) is 0 Å². The number of carbonyl (C=O) groups is 1. The molecule has 2 aliphatic rings. The van der Waals surface area contributed by atoms with Crippen molar-refractivity contribution in [1.82, 2.24) is 19.6 Å². The fourth-order valence-electron chi connectivity index (χ4n) is 3.38. The van der Waals surface area contributed by atoms with Gasteiger partial charge < -0.3 is 14.8 Å². The molecule has 1 fully saturated rings. The topological polar surface area (TPSA) is 90.6 Å². The van der Waals surface area contributed by atoms with Gasteiger partial charge in [0.2, 0.25) is 11.6 Å². The van der Waals surface area contributed by atoms with Crippen LogP contribution in [0.2, 0.25) is 0 Å². The maximum absolute atomic E-state index is 14.3. The summed E-state index contributed by atoms with van der Waals surface area (Å²) in [6.45, 7) is 0.813. The molecule has 0 bridgehead atoms. The predicted octanol–water partition coefficient (Wildman–Crippen LogP) is 2.17. The van der Waals surface area contributed by atoms with Crippen LogP contribution >= 0.6 is 0 Å². The van der Waals surface area contributed by atoms with Crippen molar-refractivity contribution >= 4 is 17.4 Å². The molecule has 5 rings (SSSR count). The molecule has 3 aromatic rings. The molecule has 1 N–H and O–H groups in total. The highest BCUT2D eigenvalue weighted by molar-refractivity contribution is 5.84. The van der Waals surface area contributed by atoms with Crippen molar-refractivity contribution in [2.75, 3.05) is 18.5 Å². The summed E-state index contributed by atoms with van der Waals surface area (Å²) in [6.07, 6.45) is 5.56. The van der Waals surface area contributed by atoms with E-state index >= 15 is 0 Å². The number of aromatic nitrogens is 4. The average molecular weight is 383 g/mol. The smallest absolute Gasteiger partial charge is 0.210 e. The van der Waals surface area contributed by atoms with Crippen LogP contribution in [-0.2, 0) is 17.8 Å². The Kier molecular flexibility index (Phi) is 4.07. The van der Waals surface area contributed by atoms with Gasteiger partial charge in [0.25, 0.3) is 0 Å². The van der Waals surface area contributed by atoms with E-state index in [2.05, 4.69) is 20.5 Å². The van der Waals surface area contributed by atoms with Gasteiger partial charge >= 0.3 is 0 Å². The molecule has 1 aromatic carbocycles. The number of carbonyl (C=O) groups excluding carboxylic acids is 1. The second-order valence-corrected chi connectivity index (χ2v) is 6.95. The van der Waals surface area contributed by atoms with Crippen LogP contribution < -0.4 is 14.8 Å². The fourth-order valence-corrected chi connectivity index (χ4v) is 3.38. The van der Waals surface area contributed by atoms with Crippen LogP contribution in [0.3, 0.4) is 0 Å². The third-order valence-corrected chi connectivity index (χ3v) is 5.07. The Morgan fingerprint density at radius 2 is 2.29 bits per heavy atom. The molecule has 0 spiro atoms. The summed E-state index contributed by atoms with van der Waals surface area (Å²) in [4.78, 5) is 16.2. The first-order chi connectivity index (χ1) is 13.7. The molecule has 1 aliphatic carbocycles. The molecular formula is C19H18FN5O3. The highest BCUT2D eigenvalue weighted by Crippen LogP contribution is 2.31. The van der Waals surface area contributed by atoms with Crippen molar-refractivity contribution in [3.05, 3.63) is 41.6 Å². The number of ether oxygens (including phenoxy) is 2. The molecule has 8 nitrogen and oxygen atoms in total. The van der Waals surface area contributed by atoms with Gasteiger partial charge in [0.1, 0.15) is 24.5 Å². The summed E-state index contributed by atoms with van der Waals surface area (Å²) < 4.78 is 27.0. The van der Waals surface area contributed by atoms with Crippen molar-refractivity contribution in [3.8, 4) is 11.5 Å². The Labute approximate surface area is 159 Å². The number of benzene rings is 1. The molecule has 0 saturated heterocycles. The number of nitrogens with one attached hydrogen (secondary N) is 1. The van der Waals surface area contributed by atoms with Crippen molar-refractivity contribution in [1.29, 1.82) is 0 Å². The second-order valence-electron chi connectivity index (χ2n) is 6.95. The fraction of sp³-hybridized carbons (Fsp3) is 0.368. The monoisotopic (exact) mass is 383 g/mol. The largest absolute Gasteiger partial charge is 0.493 e. The minimum atomic E-state index is -0.282. The first-order valence-corrected chi connectivity index (χ1v) is 9.22. The van der Waals surface area contributed by atoms with E-state index in [-0.39, 0.29) is 30.7 Å². The van der Waals surface area contributed by atoms with Crippen LogP contribution in [-0.4, -0.2) is 38.6 Å². The number of rotatable bonds is 7. The van der Waals surface area contributed by atoms with Crippen LogP contribution in [0.4, 0.5) is 10.3 Å². The highest BCUT2D eigenvalue weighted by atomic mass is 19.1. The van der Waals surface area contributed by atoms with Crippen LogP contribution in [0.25, 0.3) is 5.65 Å². The van der Waals surface area contributed by atoms with Gasteiger partial charge in [-0.15, -0.1) is 10.2 Å². The molecule has 1 aliphatic heterocycles. The minimum Gasteiger partial charge on any atom is -0.493 e. The molecule has 0 atom stereocenters. The zero-order valence-corrected chi connectivity index (χ0v) is 15.0. The molecule has 1 saturated carbocycles. The first kappa shape index (κ1) is 16.9. The minimum absolute atomic E-state index is 0.00298. The Balaban J connectivity index is 1.36. The number of halogens is 1. The van der Waals surface area contributed by atoms with Gasteiger partial charge in [0.15, 0.2) is 11.5 Å². The number of fused-ring (bicyclic) bond motifs is 2. The Morgan fingerprint density at radius 1 is 1.39 bits per heavy atom. The molecular weight excluding hydrogens is 365 g/mol. The zero-order chi connectivity index (χ0) is 19.1.